The van der Waals surface area contributed by atoms with Gasteiger partial charge in [0.25, 0.3) is 5.91 Å². The third kappa shape index (κ3) is 6.30. The first-order chi connectivity index (χ1) is 10.7. The molecule has 1 aromatic rings. The summed E-state index contributed by atoms with van der Waals surface area (Å²) in [5.41, 5.74) is 0.872. The zero-order valence-electron chi connectivity index (χ0n) is 14.2. The molecule has 1 saturated heterocycles. The number of nitrogens with one attached hydrogen (secondary N) is 3. The van der Waals surface area contributed by atoms with Gasteiger partial charge in [0, 0.05) is 24.7 Å². The second kappa shape index (κ2) is 8.70. The zero-order chi connectivity index (χ0) is 17.0. The lowest BCUT2D eigenvalue weighted by molar-refractivity contribution is -0.117. The largest absolute Gasteiger partial charge is 0.348 e. The van der Waals surface area contributed by atoms with Gasteiger partial charge in [0.15, 0.2) is 0 Å². The number of rotatable bonds is 4. The van der Waals surface area contributed by atoms with Crippen molar-refractivity contribution in [2.24, 2.45) is 5.41 Å². The number of amides is 2. The van der Waals surface area contributed by atoms with Gasteiger partial charge in [0.05, 0.1) is 10.6 Å². The molecule has 134 valence electrons. The predicted molar refractivity (Wildman–Crippen MR) is 100 cm³/mol. The number of carbonyl (C=O) groups excluding carboxylic acids is 2. The Morgan fingerprint density at radius 1 is 1.33 bits per heavy atom. The van der Waals surface area contributed by atoms with Crippen LogP contribution >= 0.6 is 24.0 Å². The van der Waals surface area contributed by atoms with Gasteiger partial charge in [0.1, 0.15) is 0 Å². The van der Waals surface area contributed by atoms with E-state index in [9.17, 15) is 9.59 Å². The molecule has 0 saturated carbocycles. The number of anilines is 1. The highest BCUT2D eigenvalue weighted by molar-refractivity contribution is 6.34. The third-order valence-electron chi connectivity index (χ3n) is 3.58. The predicted octanol–water partition coefficient (Wildman–Crippen LogP) is 3.23. The molecule has 0 bridgehead atoms. The van der Waals surface area contributed by atoms with Crippen molar-refractivity contribution in [1.29, 1.82) is 0 Å². The highest BCUT2D eigenvalue weighted by Gasteiger charge is 2.20. The average Bonchev–Trinajstić information content (AvgIpc) is 2.91. The minimum absolute atomic E-state index is 0. The summed E-state index contributed by atoms with van der Waals surface area (Å²) in [4.78, 5) is 24.4. The van der Waals surface area contributed by atoms with E-state index in [0.717, 1.165) is 19.5 Å². The number of carbonyl (C=O) groups is 2. The average molecular weight is 374 g/mol. The summed E-state index contributed by atoms with van der Waals surface area (Å²) in [6, 6.07) is 5.09. The Hall–Kier alpha value is -1.30. The Morgan fingerprint density at radius 3 is 2.62 bits per heavy atom. The van der Waals surface area contributed by atoms with Crippen LogP contribution in [0.15, 0.2) is 18.2 Å². The van der Waals surface area contributed by atoms with Gasteiger partial charge in [-0.05, 0) is 36.6 Å². The molecule has 0 radical (unpaired) electrons. The van der Waals surface area contributed by atoms with Gasteiger partial charge in [-0.1, -0.05) is 32.4 Å². The lowest BCUT2D eigenvalue weighted by Crippen LogP contribution is -2.36. The van der Waals surface area contributed by atoms with E-state index in [1.54, 1.807) is 18.2 Å². The van der Waals surface area contributed by atoms with Gasteiger partial charge in [-0.3, -0.25) is 9.59 Å². The van der Waals surface area contributed by atoms with E-state index in [1.807, 2.05) is 20.8 Å². The molecular formula is C17H25Cl2N3O2. The monoisotopic (exact) mass is 373 g/mol. The Balaban J connectivity index is 0.00000288. The number of hydrogen-bond acceptors (Lipinski definition) is 3. The zero-order valence-corrected chi connectivity index (χ0v) is 15.8. The van der Waals surface area contributed by atoms with Gasteiger partial charge in [-0.2, -0.15) is 0 Å². The molecule has 0 aliphatic carbocycles. The van der Waals surface area contributed by atoms with Crippen molar-refractivity contribution in [1.82, 2.24) is 10.6 Å². The molecule has 1 aromatic carbocycles. The molecule has 2 amide bonds. The molecule has 1 fully saturated rings. The van der Waals surface area contributed by atoms with Crippen LogP contribution in [-0.4, -0.2) is 30.9 Å². The van der Waals surface area contributed by atoms with E-state index >= 15 is 0 Å². The first-order valence-corrected chi connectivity index (χ1v) is 8.23. The maximum Gasteiger partial charge on any atom is 0.253 e. The highest BCUT2D eigenvalue weighted by atomic mass is 35.5. The van der Waals surface area contributed by atoms with Crippen LogP contribution in [0.2, 0.25) is 5.02 Å². The van der Waals surface area contributed by atoms with Crippen molar-refractivity contribution in [2.75, 3.05) is 18.4 Å². The molecule has 1 unspecified atom stereocenters. The number of benzene rings is 1. The van der Waals surface area contributed by atoms with Crippen molar-refractivity contribution < 1.29 is 9.59 Å². The van der Waals surface area contributed by atoms with Crippen LogP contribution < -0.4 is 16.0 Å². The van der Waals surface area contributed by atoms with Gasteiger partial charge in [-0.25, -0.2) is 0 Å². The van der Waals surface area contributed by atoms with Crippen LogP contribution in [-0.2, 0) is 4.79 Å². The summed E-state index contributed by atoms with van der Waals surface area (Å²) in [7, 11) is 0. The van der Waals surface area contributed by atoms with Crippen LogP contribution in [0.1, 0.15) is 44.0 Å². The van der Waals surface area contributed by atoms with Crippen LogP contribution in [0.5, 0.6) is 0 Å². The van der Waals surface area contributed by atoms with E-state index in [-0.39, 0.29) is 35.7 Å². The summed E-state index contributed by atoms with van der Waals surface area (Å²) < 4.78 is 0. The fourth-order valence-electron chi connectivity index (χ4n) is 2.50. The Labute approximate surface area is 154 Å². The Morgan fingerprint density at radius 2 is 2.04 bits per heavy atom. The second-order valence-corrected chi connectivity index (χ2v) is 7.55. The Kier molecular flexibility index (Phi) is 7.52. The van der Waals surface area contributed by atoms with Crippen LogP contribution in [0, 0.1) is 5.41 Å². The number of halogens is 2. The minimum atomic E-state index is -0.212. The maximum absolute atomic E-state index is 12.4. The standard InChI is InChI=1S/C17H24ClN3O2.ClH/c1-17(2,3)9-15(22)20-11-4-5-14(18)13(8-11)16(23)21-12-6-7-19-10-12;/h4-5,8,12,19H,6-7,9-10H2,1-3H3,(H,20,22)(H,21,23);1H. The molecule has 0 spiro atoms. The molecule has 5 nitrogen and oxygen atoms in total. The van der Waals surface area contributed by atoms with E-state index in [1.165, 1.54) is 0 Å². The topological polar surface area (TPSA) is 70.2 Å². The molecular weight excluding hydrogens is 349 g/mol. The fraction of sp³-hybridized carbons (Fsp3) is 0.529. The van der Waals surface area contributed by atoms with Crippen LogP contribution in [0.3, 0.4) is 0 Å². The molecule has 1 heterocycles. The maximum atomic E-state index is 12.4. The van der Waals surface area contributed by atoms with Crippen molar-refractivity contribution in [3.05, 3.63) is 28.8 Å². The molecule has 0 aromatic heterocycles. The van der Waals surface area contributed by atoms with Gasteiger partial charge >= 0.3 is 0 Å². The first-order valence-electron chi connectivity index (χ1n) is 7.85. The second-order valence-electron chi connectivity index (χ2n) is 7.14. The van der Waals surface area contributed by atoms with E-state index in [4.69, 9.17) is 11.6 Å². The van der Waals surface area contributed by atoms with E-state index < -0.39 is 0 Å². The molecule has 7 heteroatoms. The van der Waals surface area contributed by atoms with Crippen LogP contribution in [0.4, 0.5) is 5.69 Å². The van der Waals surface area contributed by atoms with Crippen molar-refractivity contribution in [3.8, 4) is 0 Å². The summed E-state index contributed by atoms with van der Waals surface area (Å²) in [6.45, 7) is 7.68. The molecule has 1 aliphatic heterocycles. The molecule has 1 atom stereocenters. The molecule has 3 N–H and O–H groups in total. The smallest absolute Gasteiger partial charge is 0.253 e. The first kappa shape index (κ1) is 20.7. The van der Waals surface area contributed by atoms with Crippen molar-refractivity contribution >= 4 is 41.5 Å². The van der Waals surface area contributed by atoms with Gasteiger partial charge in [0.2, 0.25) is 5.91 Å². The fourth-order valence-corrected chi connectivity index (χ4v) is 2.71. The van der Waals surface area contributed by atoms with Gasteiger partial charge in [-0.15, -0.1) is 12.4 Å². The summed E-state index contributed by atoms with van der Waals surface area (Å²) in [5, 5.41) is 9.36. The normalized spacial score (nSPS) is 17.1. The minimum Gasteiger partial charge on any atom is -0.348 e. The van der Waals surface area contributed by atoms with Crippen LogP contribution in [0.25, 0.3) is 0 Å². The molecule has 24 heavy (non-hydrogen) atoms. The third-order valence-corrected chi connectivity index (χ3v) is 3.91. The summed E-state index contributed by atoms with van der Waals surface area (Å²) in [5.74, 6) is -0.290. The lowest BCUT2D eigenvalue weighted by atomic mass is 9.92. The van der Waals surface area contributed by atoms with Crippen molar-refractivity contribution in [3.63, 3.8) is 0 Å². The molecule has 1 aliphatic rings. The lowest BCUT2D eigenvalue weighted by Gasteiger charge is -2.18. The highest BCUT2D eigenvalue weighted by Crippen LogP contribution is 2.23. The van der Waals surface area contributed by atoms with Gasteiger partial charge < -0.3 is 16.0 Å². The summed E-state index contributed by atoms with van der Waals surface area (Å²) in [6.07, 6.45) is 1.32. The van der Waals surface area contributed by atoms with E-state index in [0.29, 0.717) is 22.7 Å². The molecule has 2 rings (SSSR count). The van der Waals surface area contributed by atoms with Crippen molar-refractivity contribution in [2.45, 2.75) is 39.7 Å². The number of hydrogen-bond donors (Lipinski definition) is 3. The van der Waals surface area contributed by atoms with E-state index in [2.05, 4.69) is 16.0 Å². The summed E-state index contributed by atoms with van der Waals surface area (Å²) >= 11 is 6.13. The Bertz CT molecular complexity index is 594. The SMILES string of the molecule is CC(C)(C)CC(=O)Nc1ccc(Cl)c(C(=O)NC2CCNC2)c1.Cl. The quantitative estimate of drug-likeness (QED) is 0.758.